The Morgan fingerprint density at radius 2 is 1.64 bits per heavy atom. The van der Waals surface area contributed by atoms with E-state index in [4.69, 9.17) is 0 Å². The lowest BCUT2D eigenvalue weighted by molar-refractivity contribution is -0.134. The van der Waals surface area contributed by atoms with E-state index < -0.39 is 0 Å². The summed E-state index contributed by atoms with van der Waals surface area (Å²) < 4.78 is 0. The first-order chi connectivity index (χ1) is 13.7. The van der Waals surface area contributed by atoms with Crippen LogP contribution in [0.2, 0.25) is 0 Å². The fourth-order valence-corrected chi connectivity index (χ4v) is 5.64. The highest BCUT2D eigenvalue weighted by atomic mass is 32.1. The Morgan fingerprint density at radius 3 is 2.29 bits per heavy atom. The van der Waals surface area contributed by atoms with Gasteiger partial charge in [-0.3, -0.25) is 19.5 Å². The summed E-state index contributed by atoms with van der Waals surface area (Å²) in [7, 11) is 0. The third-order valence-electron chi connectivity index (χ3n) is 6.98. The van der Waals surface area contributed by atoms with Crippen molar-refractivity contribution in [2.75, 3.05) is 58.9 Å². The van der Waals surface area contributed by atoms with Crippen molar-refractivity contribution in [1.82, 2.24) is 19.6 Å². The summed E-state index contributed by atoms with van der Waals surface area (Å²) in [6, 6.07) is 3.00. The number of thiophene rings is 1. The second kappa shape index (κ2) is 9.70. The zero-order valence-corrected chi connectivity index (χ0v) is 18.2. The highest BCUT2D eigenvalue weighted by Crippen LogP contribution is 2.27. The summed E-state index contributed by atoms with van der Waals surface area (Å²) in [5, 5.41) is 4.37. The predicted octanol–water partition coefficient (Wildman–Crippen LogP) is 2.59. The van der Waals surface area contributed by atoms with Gasteiger partial charge in [0, 0.05) is 64.9 Å². The molecule has 0 unspecified atom stereocenters. The quantitative estimate of drug-likeness (QED) is 0.755. The van der Waals surface area contributed by atoms with Gasteiger partial charge in [0.05, 0.1) is 6.54 Å². The highest BCUT2D eigenvalue weighted by Gasteiger charge is 2.29. The lowest BCUT2D eigenvalue weighted by atomic mass is 9.86. The third-order valence-corrected chi connectivity index (χ3v) is 7.71. The second-order valence-corrected chi connectivity index (χ2v) is 9.79. The summed E-state index contributed by atoms with van der Waals surface area (Å²) in [6.07, 6.45) is 5.52. The Labute approximate surface area is 174 Å². The van der Waals surface area contributed by atoms with Crippen molar-refractivity contribution < 1.29 is 4.79 Å². The van der Waals surface area contributed by atoms with E-state index in [-0.39, 0.29) is 0 Å². The van der Waals surface area contributed by atoms with Gasteiger partial charge in [-0.1, -0.05) is 6.92 Å². The fraction of sp³-hybridized carbons (Fsp3) is 0.773. The van der Waals surface area contributed by atoms with Crippen LogP contribution < -0.4 is 0 Å². The van der Waals surface area contributed by atoms with Crippen LogP contribution in [0.15, 0.2) is 16.8 Å². The van der Waals surface area contributed by atoms with Crippen LogP contribution in [0.5, 0.6) is 0 Å². The number of nitrogens with zero attached hydrogens (tertiary/aromatic N) is 4. The molecule has 4 rings (SSSR count). The minimum atomic E-state index is 0.329. The van der Waals surface area contributed by atoms with Crippen molar-refractivity contribution >= 4 is 17.2 Å². The van der Waals surface area contributed by atoms with Gasteiger partial charge in [0.2, 0.25) is 5.91 Å². The van der Waals surface area contributed by atoms with Crippen molar-refractivity contribution in [2.45, 2.75) is 45.2 Å². The standard InChI is InChI=1S/C22H36N4OS/c1-19-2-4-21(5-3-19)25-11-7-24(8-12-25)17-22(27)26-13-9-23(10-14-26)16-20-6-15-28-18-20/h6,15,18-19,21H,2-5,7-14,16-17H2,1H3. The maximum Gasteiger partial charge on any atom is 0.236 e. The van der Waals surface area contributed by atoms with E-state index in [1.54, 1.807) is 11.3 Å². The summed E-state index contributed by atoms with van der Waals surface area (Å²) in [5.74, 6) is 1.25. The van der Waals surface area contributed by atoms with Crippen molar-refractivity contribution in [1.29, 1.82) is 0 Å². The van der Waals surface area contributed by atoms with Crippen LogP contribution in [-0.4, -0.2) is 90.5 Å². The maximum atomic E-state index is 12.8. The monoisotopic (exact) mass is 404 g/mol. The second-order valence-electron chi connectivity index (χ2n) is 9.01. The molecule has 156 valence electrons. The molecule has 0 bridgehead atoms. The Hall–Kier alpha value is -0.950. The number of carbonyl (C=O) groups is 1. The zero-order chi connectivity index (χ0) is 19.3. The molecule has 28 heavy (non-hydrogen) atoms. The molecule has 0 spiro atoms. The van der Waals surface area contributed by atoms with Gasteiger partial charge in [-0.15, -0.1) is 0 Å². The number of hydrogen-bond acceptors (Lipinski definition) is 5. The summed E-state index contributed by atoms with van der Waals surface area (Å²) in [4.78, 5) is 22.4. The third kappa shape index (κ3) is 5.35. The zero-order valence-electron chi connectivity index (χ0n) is 17.4. The van der Waals surface area contributed by atoms with E-state index in [2.05, 4.69) is 43.3 Å². The summed E-state index contributed by atoms with van der Waals surface area (Å²) >= 11 is 1.76. The summed E-state index contributed by atoms with van der Waals surface area (Å²) in [5.41, 5.74) is 1.40. The Kier molecular flexibility index (Phi) is 7.04. The molecule has 6 heteroatoms. The van der Waals surface area contributed by atoms with Gasteiger partial charge in [-0.05, 0) is 54.0 Å². The molecule has 0 aromatic carbocycles. The average Bonchev–Trinajstić information content (AvgIpc) is 3.23. The van der Waals surface area contributed by atoms with E-state index in [0.717, 1.165) is 70.9 Å². The molecule has 1 aliphatic carbocycles. The first-order valence-electron chi connectivity index (χ1n) is 11.1. The molecule has 2 saturated heterocycles. The molecule has 0 N–H and O–H groups in total. The molecule has 1 aromatic rings. The van der Waals surface area contributed by atoms with Crippen molar-refractivity contribution in [2.24, 2.45) is 5.92 Å². The number of hydrogen-bond donors (Lipinski definition) is 0. The van der Waals surface area contributed by atoms with E-state index >= 15 is 0 Å². The van der Waals surface area contributed by atoms with Crippen molar-refractivity contribution in [3.63, 3.8) is 0 Å². The first kappa shape index (κ1) is 20.3. The smallest absolute Gasteiger partial charge is 0.236 e. The van der Waals surface area contributed by atoms with Gasteiger partial charge in [0.15, 0.2) is 0 Å². The average molecular weight is 405 g/mol. The van der Waals surface area contributed by atoms with E-state index in [1.165, 1.54) is 31.2 Å². The lowest BCUT2D eigenvalue weighted by Gasteiger charge is -2.42. The maximum absolute atomic E-state index is 12.8. The van der Waals surface area contributed by atoms with E-state index in [0.29, 0.717) is 12.5 Å². The number of piperazine rings is 2. The highest BCUT2D eigenvalue weighted by molar-refractivity contribution is 7.07. The molecule has 1 aromatic heterocycles. The van der Waals surface area contributed by atoms with E-state index in [9.17, 15) is 4.79 Å². The first-order valence-corrected chi connectivity index (χ1v) is 12.1. The fourth-order valence-electron chi connectivity index (χ4n) is 4.98. The molecule has 3 heterocycles. The van der Waals surface area contributed by atoms with Gasteiger partial charge in [-0.25, -0.2) is 0 Å². The molecule has 1 saturated carbocycles. The molecule has 0 atom stereocenters. The Bertz CT molecular complexity index is 598. The molecule has 5 nitrogen and oxygen atoms in total. The lowest BCUT2D eigenvalue weighted by Crippen LogP contribution is -2.55. The molecule has 2 aliphatic heterocycles. The Morgan fingerprint density at radius 1 is 0.964 bits per heavy atom. The predicted molar refractivity (Wildman–Crippen MR) is 116 cm³/mol. The van der Waals surface area contributed by atoms with Crippen molar-refractivity contribution in [3.8, 4) is 0 Å². The molecular formula is C22H36N4OS. The molecule has 1 amide bonds. The van der Waals surface area contributed by atoms with Crippen LogP contribution in [0.25, 0.3) is 0 Å². The van der Waals surface area contributed by atoms with Gasteiger partial charge < -0.3 is 4.90 Å². The Balaban J connectivity index is 1.15. The minimum Gasteiger partial charge on any atom is -0.339 e. The molecular weight excluding hydrogens is 368 g/mol. The van der Waals surface area contributed by atoms with Crippen LogP contribution in [0, 0.1) is 5.92 Å². The van der Waals surface area contributed by atoms with Crippen LogP contribution >= 0.6 is 11.3 Å². The van der Waals surface area contributed by atoms with Gasteiger partial charge in [0.25, 0.3) is 0 Å². The van der Waals surface area contributed by atoms with Crippen LogP contribution in [0.3, 0.4) is 0 Å². The number of amides is 1. The van der Waals surface area contributed by atoms with E-state index in [1.807, 2.05) is 0 Å². The van der Waals surface area contributed by atoms with Gasteiger partial charge >= 0.3 is 0 Å². The van der Waals surface area contributed by atoms with Crippen LogP contribution in [0.4, 0.5) is 0 Å². The van der Waals surface area contributed by atoms with Crippen molar-refractivity contribution in [3.05, 3.63) is 22.4 Å². The minimum absolute atomic E-state index is 0.329. The topological polar surface area (TPSA) is 30.0 Å². The van der Waals surface area contributed by atoms with Gasteiger partial charge in [-0.2, -0.15) is 11.3 Å². The molecule has 0 radical (unpaired) electrons. The van der Waals surface area contributed by atoms with Gasteiger partial charge in [0.1, 0.15) is 0 Å². The largest absolute Gasteiger partial charge is 0.339 e. The summed E-state index contributed by atoms with van der Waals surface area (Å²) in [6.45, 7) is 12.2. The van der Waals surface area contributed by atoms with Crippen LogP contribution in [-0.2, 0) is 11.3 Å². The molecule has 3 aliphatic rings. The molecule has 3 fully saturated rings. The number of rotatable bonds is 5. The SMILES string of the molecule is CC1CCC(N2CCN(CC(=O)N3CCN(Cc4ccsc4)CC3)CC2)CC1. The normalized spacial score (nSPS) is 28.5. The number of carbonyl (C=O) groups excluding carboxylic acids is 1. The van der Waals surface area contributed by atoms with Crippen LogP contribution in [0.1, 0.15) is 38.2 Å².